The van der Waals surface area contributed by atoms with Crippen molar-refractivity contribution >= 4 is 5.91 Å². The number of benzene rings is 1. The number of aromatic nitrogens is 1. The highest BCUT2D eigenvalue weighted by molar-refractivity contribution is 5.97. The predicted octanol–water partition coefficient (Wildman–Crippen LogP) is 3.39. The normalized spacial score (nSPS) is 16.2. The summed E-state index contributed by atoms with van der Waals surface area (Å²) in [6.45, 7) is 2.68. The number of carbonyl (C=O) groups is 1. The second kappa shape index (κ2) is 9.64. The lowest BCUT2D eigenvalue weighted by molar-refractivity contribution is 0.0928. The van der Waals surface area contributed by atoms with Crippen LogP contribution in [0.3, 0.4) is 0 Å². The molecule has 0 aliphatic carbocycles. The smallest absolute Gasteiger partial charge is 0.255 e. The lowest BCUT2D eigenvalue weighted by Crippen LogP contribution is -2.39. The Hall–Kier alpha value is -2.47. The van der Waals surface area contributed by atoms with Crippen molar-refractivity contribution < 1.29 is 14.3 Å². The Morgan fingerprint density at radius 3 is 2.43 bits per heavy atom. The van der Waals surface area contributed by atoms with Gasteiger partial charge in [-0.1, -0.05) is 18.9 Å². The van der Waals surface area contributed by atoms with E-state index < -0.39 is 0 Å². The minimum absolute atomic E-state index is 0.148. The van der Waals surface area contributed by atoms with Gasteiger partial charge in [0, 0.05) is 25.5 Å². The first-order chi connectivity index (χ1) is 13.7. The van der Waals surface area contributed by atoms with Gasteiger partial charge in [-0.15, -0.1) is 0 Å². The minimum atomic E-state index is -0.148. The number of ether oxygens (including phenoxy) is 2. The molecule has 2 aromatic rings. The Morgan fingerprint density at radius 2 is 1.82 bits per heavy atom. The van der Waals surface area contributed by atoms with Gasteiger partial charge in [-0.05, 0) is 50.2 Å². The van der Waals surface area contributed by atoms with E-state index in [0.29, 0.717) is 23.6 Å². The molecule has 6 heteroatoms. The Morgan fingerprint density at radius 1 is 1.07 bits per heavy atom. The van der Waals surface area contributed by atoms with E-state index in [-0.39, 0.29) is 11.9 Å². The highest BCUT2D eigenvalue weighted by atomic mass is 16.5. The van der Waals surface area contributed by atoms with E-state index in [1.165, 1.54) is 31.4 Å². The molecule has 152 valence electrons. The molecule has 1 fully saturated rings. The summed E-state index contributed by atoms with van der Waals surface area (Å²) >= 11 is 0. The van der Waals surface area contributed by atoms with Crippen LogP contribution in [-0.4, -0.2) is 49.2 Å². The Kier molecular flexibility index (Phi) is 6.98. The molecule has 0 radical (unpaired) electrons. The molecule has 1 amide bonds. The zero-order chi connectivity index (χ0) is 19.9. The van der Waals surface area contributed by atoms with Gasteiger partial charge >= 0.3 is 0 Å². The van der Waals surface area contributed by atoms with Crippen molar-refractivity contribution in [1.82, 2.24) is 14.8 Å². The van der Waals surface area contributed by atoms with E-state index >= 15 is 0 Å². The third-order valence-corrected chi connectivity index (χ3v) is 5.51. The van der Waals surface area contributed by atoms with E-state index in [4.69, 9.17) is 9.47 Å². The third-order valence-electron chi connectivity index (χ3n) is 5.51. The second-order valence-electron chi connectivity index (χ2n) is 7.26. The van der Waals surface area contributed by atoms with Gasteiger partial charge in [0.15, 0.2) is 11.5 Å². The number of aryl methyl sites for hydroxylation is 1. The van der Waals surface area contributed by atoms with Crippen LogP contribution in [0.5, 0.6) is 11.5 Å². The van der Waals surface area contributed by atoms with Gasteiger partial charge in [0.2, 0.25) is 0 Å². The quantitative estimate of drug-likeness (QED) is 0.794. The molecule has 1 aromatic heterocycles. The van der Waals surface area contributed by atoms with Crippen LogP contribution >= 0.6 is 0 Å². The maximum atomic E-state index is 12.9. The number of amides is 1. The molecule has 0 saturated carbocycles. The molecular formula is C22H31N3O3. The summed E-state index contributed by atoms with van der Waals surface area (Å²) < 4.78 is 12.9. The first kappa shape index (κ1) is 20.3. The molecule has 1 atom stereocenters. The number of nitrogens with zero attached hydrogens (tertiary/aromatic N) is 2. The average Bonchev–Trinajstić information content (AvgIpc) is 2.96. The van der Waals surface area contributed by atoms with Gasteiger partial charge in [0.1, 0.15) is 0 Å². The van der Waals surface area contributed by atoms with Crippen molar-refractivity contribution in [3.63, 3.8) is 0 Å². The van der Waals surface area contributed by atoms with Gasteiger partial charge in [0.05, 0.1) is 25.8 Å². The summed E-state index contributed by atoms with van der Waals surface area (Å²) in [6, 6.07) is 9.72. The molecular weight excluding hydrogens is 354 g/mol. The molecule has 1 aliphatic rings. The Balaban J connectivity index is 1.78. The molecule has 3 rings (SSSR count). The zero-order valence-electron chi connectivity index (χ0n) is 17.1. The van der Waals surface area contributed by atoms with E-state index in [1.807, 2.05) is 0 Å². The summed E-state index contributed by atoms with van der Waals surface area (Å²) in [4.78, 5) is 15.4. The maximum Gasteiger partial charge on any atom is 0.255 e. The molecule has 2 heterocycles. The van der Waals surface area contributed by atoms with Crippen LogP contribution in [0.4, 0.5) is 0 Å². The van der Waals surface area contributed by atoms with Crippen molar-refractivity contribution in [1.29, 1.82) is 0 Å². The van der Waals surface area contributed by atoms with Crippen molar-refractivity contribution in [3.8, 4) is 11.5 Å². The number of carbonyl (C=O) groups excluding carboxylic acids is 1. The van der Waals surface area contributed by atoms with Crippen LogP contribution in [0, 0.1) is 0 Å². The summed E-state index contributed by atoms with van der Waals surface area (Å²) in [5.74, 6) is 0.874. The molecule has 1 saturated heterocycles. The third kappa shape index (κ3) is 4.50. The van der Waals surface area contributed by atoms with Gasteiger partial charge in [-0.2, -0.15) is 0 Å². The highest BCUT2D eigenvalue weighted by Crippen LogP contribution is 2.31. The fourth-order valence-corrected chi connectivity index (χ4v) is 4.00. The van der Waals surface area contributed by atoms with Crippen molar-refractivity contribution in [2.24, 2.45) is 7.05 Å². The number of likely N-dealkylation sites (tertiary alicyclic amines) is 1. The SMILES string of the molecule is COc1cccc(C(=O)NCC(c2cccn2C)N2CCCCCC2)c1OC. The van der Waals surface area contributed by atoms with Crippen molar-refractivity contribution in [2.45, 2.75) is 31.7 Å². The monoisotopic (exact) mass is 385 g/mol. The average molecular weight is 386 g/mol. The number of rotatable bonds is 7. The molecule has 28 heavy (non-hydrogen) atoms. The predicted molar refractivity (Wildman–Crippen MR) is 110 cm³/mol. The van der Waals surface area contributed by atoms with Crippen LogP contribution in [0.25, 0.3) is 0 Å². The van der Waals surface area contributed by atoms with Crippen LogP contribution in [0.1, 0.15) is 47.8 Å². The molecule has 0 spiro atoms. The summed E-state index contributed by atoms with van der Waals surface area (Å²) in [5.41, 5.74) is 1.71. The molecule has 1 N–H and O–H groups in total. The van der Waals surface area contributed by atoms with E-state index in [1.54, 1.807) is 32.4 Å². The zero-order valence-corrected chi connectivity index (χ0v) is 17.1. The van der Waals surface area contributed by atoms with Crippen LogP contribution < -0.4 is 14.8 Å². The number of nitrogens with one attached hydrogen (secondary N) is 1. The number of methoxy groups -OCH3 is 2. The standard InChI is InChI=1S/C22H31N3O3/c1-24-13-9-11-18(24)19(25-14-6-4-5-7-15-25)16-23-22(26)17-10-8-12-20(27-2)21(17)28-3/h8-13,19H,4-7,14-16H2,1-3H3,(H,23,26). The molecule has 6 nitrogen and oxygen atoms in total. The lowest BCUT2D eigenvalue weighted by Gasteiger charge is -2.31. The van der Waals surface area contributed by atoms with Gasteiger partial charge in [-0.25, -0.2) is 0 Å². The Labute approximate surface area is 167 Å². The molecule has 1 aliphatic heterocycles. The second-order valence-corrected chi connectivity index (χ2v) is 7.26. The summed E-state index contributed by atoms with van der Waals surface area (Å²) in [6.07, 6.45) is 7.04. The Bertz CT molecular complexity index is 779. The minimum Gasteiger partial charge on any atom is -0.493 e. The van der Waals surface area contributed by atoms with Crippen molar-refractivity contribution in [3.05, 3.63) is 47.8 Å². The number of hydrogen-bond acceptors (Lipinski definition) is 4. The van der Waals surface area contributed by atoms with E-state index in [0.717, 1.165) is 13.1 Å². The largest absolute Gasteiger partial charge is 0.493 e. The number of hydrogen-bond donors (Lipinski definition) is 1. The van der Waals surface area contributed by atoms with Crippen LogP contribution in [-0.2, 0) is 7.05 Å². The lowest BCUT2D eigenvalue weighted by atomic mass is 10.1. The van der Waals surface area contributed by atoms with Gasteiger partial charge in [0.25, 0.3) is 5.91 Å². The highest BCUT2D eigenvalue weighted by Gasteiger charge is 2.25. The summed E-state index contributed by atoms with van der Waals surface area (Å²) in [5, 5.41) is 3.13. The fraction of sp³-hybridized carbons (Fsp3) is 0.500. The topological polar surface area (TPSA) is 55.7 Å². The molecule has 0 bridgehead atoms. The fourth-order valence-electron chi connectivity index (χ4n) is 4.00. The summed E-state index contributed by atoms with van der Waals surface area (Å²) in [7, 11) is 5.19. The van der Waals surface area contributed by atoms with Crippen molar-refractivity contribution in [2.75, 3.05) is 33.9 Å². The van der Waals surface area contributed by atoms with E-state index in [2.05, 4.69) is 40.2 Å². The van der Waals surface area contributed by atoms with Gasteiger partial charge in [-0.3, -0.25) is 9.69 Å². The molecule has 1 unspecified atom stereocenters. The van der Waals surface area contributed by atoms with E-state index in [9.17, 15) is 4.79 Å². The molecule has 1 aromatic carbocycles. The van der Waals surface area contributed by atoms with Crippen LogP contribution in [0.2, 0.25) is 0 Å². The maximum absolute atomic E-state index is 12.9. The van der Waals surface area contributed by atoms with Crippen LogP contribution in [0.15, 0.2) is 36.5 Å². The first-order valence-corrected chi connectivity index (χ1v) is 10.00. The number of para-hydroxylation sites is 1. The first-order valence-electron chi connectivity index (χ1n) is 10.00. The van der Waals surface area contributed by atoms with Gasteiger partial charge < -0.3 is 19.4 Å².